The standard InChI is InChI=1S/C9H10N4O2/c10-5-8-9(6-11)13(7-12-8)1-3-15-4-2-14/h7,14H,1-4H2. The molecule has 0 aliphatic rings. The second-order valence-electron chi connectivity index (χ2n) is 2.69. The van der Waals surface area contributed by atoms with E-state index in [1.54, 1.807) is 4.57 Å². The largest absolute Gasteiger partial charge is 0.394 e. The van der Waals surface area contributed by atoms with Crippen LogP contribution < -0.4 is 0 Å². The highest BCUT2D eigenvalue weighted by Gasteiger charge is 2.08. The first-order valence-electron chi connectivity index (χ1n) is 4.37. The molecule has 78 valence electrons. The molecule has 0 spiro atoms. The normalized spacial score (nSPS) is 9.53. The second kappa shape index (κ2) is 5.76. The van der Waals surface area contributed by atoms with E-state index >= 15 is 0 Å². The molecule has 1 N–H and O–H groups in total. The summed E-state index contributed by atoms with van der Waals surface area (Å²) in [4.78, 5) is 3.78. The molecule has 6 heteroatoms. The third-order valence-corrected chi connectivity index (χ3v) is 1.76. The van der Waals surface area contributed by atoms with Gasteiger partial charge in [0.05, 0.1) is 26.1 Å². The molecule has 1 aromatic rings. The van der Waals surface area contributed by atoms with Gasteiger partial charge in [0.15, 0.2) is 11.4 Å². The van der Waals surface area contributed by atoms with Gasteiger partial charge in [0.1, 0.15) is 12.1 Å². The monoisotopic (exact) mass is 206 g/mol. The number of imidazole rings is 1. The summed E-state index contributed by atoms with van der Waals surface area (Å²) in [5.74, 6) is 0. The van der Waals surface area contributed by atoms with E-state index in [4.69, 9.17) is 20.4 Å². The van der Waals surface area contributed by atoms with Crippen molar-refractivity contribution in [1.82, 2.24) is 9.55 Å². The highest BCUT2D eigenvalue weighted by molar-refractivity contribution is 5.35. The first-order valence-corrected chi connectivity index (χ1v) is 4.37. The average Bonchev–Trinajstić information content (AvgIpc) is 2.66. The fourth-order valence-electron chi connectivity index (χ4n) is 1.08. The van der Waals surface area contributed by atoms with Gasteiger partial charge < -0.3 is 14.4 Å². The van der Waals surface area contributed by atoms with Gasteiger partial charge in [-0.2, -0.15) is 10.5 Å². The van der Waals surface area contributed by atoms with Crippen LogP contribution in [-0.4, -0.2) is 34.5 Å². The molecule has 0 aliphatic heterocycles. The molecule has 0 aliphatic carbocycles. The Bertz CT molecular complexity index is 399. The minimum Gasteiger partial charge on any atom is -0.394 e. The smallest absolute Gasteiger partial charge is 0.176 e. The van der Waals surface area contributed by atoms with Crippen LogP contribution in [-0.2, 0) is 11.3 Å². The molecule has 15 heavy (non-hydrogen) atoms. The maximum absolute atomic E-state index is 8.78. The van der Waals surface area contributed by atoms with Gasteiger partial charge in [-0.1, -0.05) is 0 Å². The van der Waals surface area contributed by atoms with Crippen molar-refractivity contribution in [2.24, 2.45) is 0 Å². The number of ether oxygens (including phenoxy) is 1. The Kier molecular flexibility index (Phi) is 4.30. The highest BCUT2D eigenvalue weighted by Crippen LogP contribution is 2.04. The first kappa shape index (κ1) is 11.2. The Hall–Kier alpha value is -1.89. The Balaban J connectivity index is 2.59. The Morgan fingerprint density at radius 1 is 1.40 bits per heavy atom. The van der Waals surface area contributed by atoms with E-state index in [0.717, 1.165) is 0 Å². The van der Waals surface area contributed by atoms with Crippen LogP contribution in [0.2, 0.25) is 0 Å². The maximum Gasteiger partial charge on any atom is 0.176 e. The molecule has 1 heterocycles. The molecule has 0 aromatic carbocycles. The van der Waals surface area contributed by atoms with E-state index < -0.39 is 0 Å². The van der Waals surface area contributed by atoms with Gasteiger partial charge in [0, 0.05) is 6.54 Å². The molecule has 0 saturated heterocycles. The van der Waals surface area contributed by atoms with Crippen molar-refractivity contribution < 1.29 is 9.84 Å². The van der Waals surface area contributed by atoms with Gasteiger partial charge in [0.2, 0.25) is 0 Å². The summed E-state index contributed by atoms with van der Waals surface area (Å²) in [6.45, 7) is 1.05. The van der Waals surface area contributed by atoms with Crippen molar-refractivity contribution in [3.8, 4) is 12.1 Å². The molecule has 0 atom stereocenters. The summed E-state index contributed by atoms with van der Waals surface area (Å²) in [6, 6.07) is 3.74. The lowest BCUT2D eigenvalue weighted by atomic mass is 10.3. The van der Waals surface area contributed by atoms with E-state index in [0.29, 0.717) is 13.2 Å². The SMILES string of the molecule is N#Cc1ncn(CCOCCO)c1C#N. The lowest BCUT2D eigenvalue weighted by Crippen LogP contribution is -2.09. The summed E-state index contributed by atoms with van der Waals surface area (Å²) in [7, 11) is 0. The zero-order valence-electron chi connectivity index (χ0n) is 8.05. The van der Waals surface area contributed by atoms with Crippen molar-refractivity contribution in [3.63, 3.8) is 0 Å². The molecule has 0 bridgehead atoms. The Morgan fingerprint density at radius 3 is 2.80 bits per heavy atom. The van der Waals surface area contributed by atoms with E-state index in [9.17, 15) is 0 Å². The Morgan fingerprint density at radius 2 is 2.20 bits per heavy atom. The number of hydrogen-bond donors (Lipinski definition) is 1. The van der Waals surface area contributed by atoms with Crippen molar-refractivity contribution >= 4 is 0 Å². The molecule has 0 amide bonds. The number of aliphatic hydroxyl groups is 1. The molecule has 0 fully saturated rings. The van der Waals surface area contributed by atoms with Crippen molar-refractivity contribution in [2.45, 2.75) is 6.54 Å². The van der Waals surface area contributed by atoms with Gasteiger partial charge in [-0.05, 0) is 0 Å². The lowest BCUT2D eigenvalue weighted by Gasteiger charge is -2.03. The summed E-state index contributed by atoms with van der Waals surface area (Å²) in [5.41, 5.74) is 0.366. The van der Waals surface area contributed by atoms with Crippen LogP contribution in [0.25, 0.3) is 0 Å². The van der Waals surface area contributed by atoms with Crippen LogP contribution in [0.3, 0.4) is 0 Å². The zero-order valence-corrected chi connectivity index (χ0v) is 8.05. The third kappa shape index (κ3) is 2.78. The first-order chi connectivity index (χ1) is 7.33. The van der Waals surface area contributed by atoms with E-state index in [2.05, 4.69) is 4.98 Å². The maximum atomic E-state index is 8.78. The number of nitrogens with zero attached hydrogens (tertiary/aromatic N) is 4. The number of hydrogen-bond acceptors (Lipinski definition) is 5. The van der Waals surface area contributed by atoms with Crippen LogP contribution in [0.5, 0.6) is 0 Å². The highest BCUT2D eigenvalue weighted by atomic mass is 16.5. The minimum atomic E-state index is -0.0293. The molecule has 1 aromatic heterocycles. The predicted molar refractivity (Wildman–Crippen MR) is 49.6 cm³/mol. The fraction of sp³-hybridized carbons (Fsp3) is 0.444. The fourth-order valence-corrected chi connectivity index (χ4v) is 1.08. The average molecular weight is 206 g/mol. The minimum absolute atomic E-state index is 0.0293. The Labute approximate surface area is 87.0 Å². The number of nitriles is 2. The van der Waals surface area contributed by atoms with Gasteiger partial charge >= 0.3 is 0 Å². The molecule has 0 saturated carbocycles. The van der Waals surface area contributed by atoms with Gasteiger partial charge in [-0.15, -0.1) is 0 Å². The van der Waals surface area contributed by atoms with Gasteiger partial charge in [-0.25, -0.2) is 4.98 Å². The van der Waals surface area contributed by atoms with Crippen LogP contribution in [0.15, 0.2) is 6.33 Å². The van der Waals surface area contributed by atoms with E-state index in [1.807, 2.05) is 12.1 Å². The lowest BCUT2D eigenvalue weighted by molar-refractivity contribution is 0.0869. The summed E-state index contributed by atoms with van der Waals surface area (Å²) in [6.07, 6.45) is 1.43. The zero-order chi connectivity index (χ0) is 11.1. The van der Waals surface area contributed by atoms with E-state index in [1.165, 1.54) is 6.33 Å². The molecular weight excluding hydrogens is 196 g/mol. The topological polar surface area (TPSA) is 94.9 Å². The second-order valence-corrected chi connectivity index (χ2v) is 2.69. The van der Waals surface area contributed by atoms with Crippen molar-refractivity contribution in [1.29, 1.82) is 10.5 Å². The van der Waals surface area contributed by atoms with Crippen molar-refractivity contribution in [2.75, 3.05) is 19.8 Å². The van der Waals surface area contributed by atoms with Gasteiger partial charge in [-0.3, -0.25) is 0 Å². The van der Waals surface area contributed by atoms with Crippen molar-refractivity contribution in [3.05, 3.63) is 17.7 Å². The quantitative estimate of drug-likeness (QED) is 0.663. The van der Waals surface area contributed by atoms with Crippen LogP contribution in [0.1, 0.15) is 11.4 Å². The number of aromatic nitrogens is 2. The molecule has 0 unspecified atom stereocenters. The van der Waals surface area contributed by atoms with Crippen LogP contribution >= 0.6 is 0 Å². The third-order valence-electron chi connectivity index (χ3n) is 1.76. The summed E-state index contributed by atoms with van der Waals surface area (Å²) < 4.78 is 6.59. The van der Waals surface area contributed by atoms with Gasteiger partial charge in [0.25, 0.3) is 0 Å². The molecular formula is C9H10N4O2. The number of rotatable bonds is 5. The van der Waals surface area contributed by atoms with Crippen LogP contribution in [0, 0.1) is 22.7 Å². The summed E-state index contributed by atoms with van der Waals surface area (Å²) >= 11 is 0. The molecule has 1 rings (SSSR count). The van der Waals surface area contributed by atoms with Crippen LogP contribution in [0.4, 0.5) is 0 Å². The number of aliphatic hydroxyl groups excluding tert-OH is 1. The molecule has 6 nitrogen and oxygen atoms in total. The molecule has 0 radical (unpaired) electrons. The summed E-state index contributed by atoms with van der Waals surface area (Å²) in [5, 5.41) is 25.9. The predicted octanol–water partition coefficient (Wildman–Crippen LogP) is -0.365. The van der Waals surface area contributed by atoms with E-state index in [-0.39, 0.29) is 24.6 Å².